The molecular formula is C28H36N4O5. The van der Waals surface area contributed by atoms with Crippen LogP contribution >= 0.6 is 0 Å². The maximum absolute atomic E-state index is 13.9. The minimum atomic E-state index is -0.966. The highest BCUT2D eigenvalue weighted by molar-refractivity contribution is 5.99. The molecule has 2 saturated heterocycles. The van der Waals surface area contributed by atoms with Crippen molar-refractivity contribution in [3.8, 4) is 5.75 Å². The van der Waals surface area contributed by atoms with E-state index in [1.807, 2.05) is 50.2 Å². The Labute approximate surface area is 218 Å². The number of amides is 3. The minimum absolute atomic E-state index is 0.0328. The van der Waals surface area contributed by atoms with Crippen LogP contribution in [0.5, 0.6) is 5.75 Å². The second-order valence-electron chi connectivity index (χ2n) is 9.88. The molecule has 2 aromatic carbocycles. The fourth-order valence-electron chi connectivity index (χ4n) is 5.03. The smallest absolute Gasteiger partial charge is 0.257 e. The summed E-state index contributed by atoms with van der Waals surface area (Å²) in [5.74, 6) is -0.00327. The lowest BCUT2D eigenvalue weighted by Crippen LogP contribution is -2.60. The molecule has 1 atom stereocenters. The van der Waals surface area contributed by atoms with Gasteiger partial charge in [-0.3, -0.25) is 19.3 Å². The highest BCUT2D eigenvalue weighted by Crippen LogP contribution is 2.39. The number of methoxy groups -OCH3 is 1. The molecule has 4 rings (SSSR count). The first kappa shape index (κ1) is 26.6. The number of benzene rings is 2. The summed E-state index contributed by atoms with van der Waals surface area (Å²) in [7, 11) is 5.42. The second kappa shape index (κ2) is 11.3. The summed E-state index contributed by atoms with van der Waals surface area (Å²) in [5, 5.41) is 2.95. The van der Waals surface area contributed by atoms with Crippen molar-refractivity contribution >= 4 is 17.7 Å². The number of hydrogen-bond donors (Lipinski definition) is 1. The van der Waals surface area contributed by atoms with Crippen LogP contribution in [0.2, 0.25) is 0 Å². The van der Waals surface area contributed by atoms with E-state index in [0.717, 1.165) is 5.56 Å². The van der Waals surface area contributed by atoms with Gasteiger partial charge in [0, 0.05) is 50.1 Å². The van der Waals surface area contributed by atoms with Gasteiger partial charge in [0.25, 0.3) is 11.8 Å². The zero-order chi connectivity index (χ0) is 26.6. The monoisotopic (exact) mass is 508 g/mol. The first-order chi connectivity index (χ1) is 17.8. The molecule has 0 aromatic heterocycles. The van der Waals surface area contributed by atoms with Gasteiger partial charge in [0.2, 0.25) is 5.91 Å². The second-order valence-corrected chi connectivity index (χ2v) is 9.88. The van der Waals surface area contributed by atoms with Crippen LogP contribution in [0.3, 0.4) is 0 Å². The van der Waals surface area contributed by atoms with Gasteiger partial charge in [0.05, 0.1) is 13.7 Å². The summed E-state index contributed by atoms with van der Waals surface area (Å²) in [6.45, 7) is 4.02. The molecule has 198 valence electrons. The molecule has 3 amide bonds. The van der Waals surface area contributed by atoms with Crippen molar-refractivity contribution in [3.63, 3.8) is 0 Å². The summed E-state index contributed by atoms with van der Waals surface area (Å²) >= 11 is 0. The van der Waals surface area contributed by atoms with Gasteiger partial charge in [-0.1, -0.05) is 24.3 Å². The zero-order valence-electron chi connectivity index (χ0n) is 22.0. The molecule has 2 aliphatic rings. The largest absolute Gasteiger partial charge is 0.497 e. The van der Waals surface area contributed by atoms with Gasteiger partial charge in [0.15, 0.2) is 0 Å². The molecule has 0 saturated carbocycles. The van der Waals surface area contributed by atoms with Gasteiger partial charge >= 0.3 is 0 Å². The SMILES string of the molecule is COc1cccc(C(=O)N2[C@H](C(=O)NCCN(C)C)COC23CCN(C(=O)c2ccccc2C)CC3)c1. The summed E-state index contributed by atoms with van der Waals surface area (Å²) in [5.41, 5.74) is 1.06. The van der Waals surface area contributed by atoms with Gasteiger partial charge in [0.1, 0.15) is 17.5 Å². The lowest BCUT2D eigenvalue weighted by atomic mass is 9.95. The van der Waals surface area contributed by atoms with Crippen LogP contribution in [0.15, 0.2) is 48.5 Å². The number of carbonyl (C=O) groups is 3. The van der Waals surface area contributed by atoms with Gasteiger partial charge in [-0.05, 0) is 50.8 Å². The van der Waals surface area contributed by atoms with Gasteiger partial charge in [-0.15, -0.1) is 0 Å². The normalized spacial score (nSPS) is 18.8. The predicted octanol–water partition coefficient (Wildman–Crippen LogP) is 2.15. The summed E-state index contributed by atoms with van der Waals surface area (Å²) < 4.78 is 11.6. The summed E-state index contributed by atoms with van der Waals surface area (Å²) in [6, 6.07) is 13.7. The lowest BCUT2D eigenvalue weighted by molar-refractivity contribution is -0.128. The van der Waals surface area contributed by atoms with Crippen LogP contribution in [0.4, 0.5) is 0 Å². The topological polar surface area (TPSA) is 91.4 Å². The molecule has 0 radical (unpaired) electrons. The standard InChI is InChI=1S/C28H36N4O5/c1-20-8-5-6-11-23(20)27(35)31-15-12-28(13-16-31)32(26(34)21-9-7-10-22(18-21)36-4)24(19-37-28)25(33)29-14-17-30(2)3/h5-11,18,24H,12-17,19H2,1-4H3,(H,29,33)/t24-/m0/s1. The number of likely N-dealkylation sites (tertiary alicyclic amines) is 1. The van der Waals surface area contributed by atoms with Gasteiger partial charge in [-0.25, -0.2) is 0 Å². The van der Waals surface area contributed by atoms with E-state index in [1.165, 1.54) is 0 Å². The maximum atomic E-state index is 13.9. The Bertz CT molecular complexity index is 1140. The number of ether oxygens (including phenoxy) is 2. The van der Waals surface area contributed by atoms with Crippen LogP contribution < -0.4 is 10.1 Å². The third-order valence-electron chi connectivity index (χ3n) is 7.16. The number of aryl methyl sites for hydroxylation is 1. The third-order valence-corrected chi connectivity index (χ3v) is 7.16. The molecule has 0 unspecified atom stereocenters. The Hall–Kier alpha value is -3.43. The highest BCUT2D eigenvalue weighted by atomic mass is 16.5. The highest BCUT2D eigenvalue weighted by Gasteiger charge is 2.54. The quantitative estimate of drug-likeness (QED) is 0.617. The van der Waals surface area contributed by atoms with Crippen LogP contribution in [-0.2, 0) is 9.53 Å². The van der Waals surface area contributed by atoms with Crippen molar-refractivity contribution in [2.24, 2.45) is 0 Å². The molecular weight excluding hydrogens is 472 g/mol. The molecule has 9 heteroatoms. The molecule has 2 aromatic rings. The van der Waals surface area contributed by atoms with Crippen molar-refractivity contribution in [3.05, 3.63) is 65.2 Å². The van der Waals surface area contributed by atoms with Crippen LogP contribution in [0.25, 0.3) is 0 Å². The van der Waals surface area contributed by atoms with Crippen molar-refractivity contribution in [1.82, 2.24) is 20.0 Å². The molecule has 1 N–H and O–H groups in total. The Morgan fingerprint density at radius 2 is 1.81 bits per heavy atom. The molecule has 9 nitrogen and oxygen atoms in total. The first-order valence-electron chi connectivity index (χ1n) is 12.6. The first-order valence-corrected chi connectivity index (χ1v) is 12.6. The number of nitrogens with zero attached hydrogens (tertiary/aromatic N) is 3. The summed E-state index contributed by atoms with van der Waals surface area (Å²) in [6.07, 6.45) is 0.837. The molecule has 2 fully saturated rings. The third kappa shape index (κ3) is 5.62. The number of nitrogens with one attached hydrogen (secondary N) is 1. The Morgan fingerprint density at radius 3 is 2.49 bits per heavy atom. The van der Waals surface area contributed by atoms with E-state index in [4.69, 9.17) is 9.47 Å². The van der Waals surface area contributed by atoms with Gasteiger partial charge < -0.3 is 24.6 Å². The van der Waals surface area contributed by atoms with E-state index in [2.05, 4.69) is 5.32 Å². The maximum Gasteiger partial charge on any atom is 0.257 e. The number of piperidine rings is 1. The molecule has 2 heterocycles. The van der Waals surface area contributed by atoms with Crippen LogP contribution in [-0.4, -0.2) is 98.2 Å². The number of rotatable bonds is 7. The Morgan fingerprint density at radius 1 is 1.08 bits per heavy atom. The number of hydrogen-bond acceptors (Lipinski definition) is 6. The van der Waals surface area contributed by atoms with Crippen molar-refractivity contribution < 1.29 is 23.9 Å². The Kier molecular flexibility index (Phi) is 8.14. The zero-order valence-corrected chi connectivity index (χ0v) is 22.0. The summed E-state index contributed by atoms with van der Waals surface area (Å²) in [4.78, 5) is 45.7. The fraction of sp³-hybridized carbons (Fsp3) is 0.464. The molecule has 37 heavy (non-hydrogen) atoms. The van der Waals surface area contributed by atoms with E-state index in [-0.39, 0.29) is 24.3 Å². The number of carbonyl (C=O) groups excluding carboxylic acids is 3. The van der Waals surface area contributed by atoms with Crippen molar-refractivity contribution in [1.29, 1.82) is 0 Å². The van der Waals surface area contributed by atoms with E-state index in [1.54, 1.807) is 41.2 Å². The molecule has 0 aliphatic carbocycles. The van der Waals surface area contributed by atoms with E-state index >= 15 is 0 Å². The van der Waals surface area contributed by atoms with E-state index in [0.29, 0.717) is 55.9 Å². The van der Waals surface area contributed by atoms with Crippen molar-refractivity contribution in [2.75, 3.05) is 54.0 Å². The fourth-order valence-corrected chi connectivity index (χ4v) is 5.03. The number of likely N-dealkylation sites (N-methyl/N-ethyl adjacent to an activating group) is 1. The molecule has 0 bridgehead atoms. The molecule has 2 aliphatic heterocycles. The average molecular weight is 509 g/mol. The minimum Gasteiger partial charge on any atom is -0.497 e. The van der Waals surface area contributed by atoms with Crippen LogP contribution in [0, 0.1) is 6.92 Å². The van der Waals surface area contributed by atoms with Crippen molar-refractivity contribution in [2.45, 2.75) is 31.5 Å². The Balaban J connectivity index is 1.57. The van der Waals surface area contributed by atoms with E-state index in [9.17, 15) is 14.4 Å². The molecule has 1 spiro atoms. The van der Waals surface area contributed by atoms with E-state index < -0.39 is 11.8 Å². The average Bonchev–Trinajstić information content (AvgIpc) is 3.26. The van der Waals surface area contributed by atoms with Crippen LogP contribution in [0.1, 0.15) is 39.1 Å². The predicted molar refractivity (Wildman–Crippen MR) is 140 cm³/mol. The lowest BCUT2D eigenvalue weighted by Gasteiger charge is -2.44. The van der Waals surface area contributed by atoms with Gasteiger partial charge in [-0.2, -0.15) is 0 Å².